The van der Waals surface area contributed by atoms with Crippen LogP contribution in [0.5, 0.6) is 0 Å². The molecule has 0 unspecified atom stereocenters. The Morgan fingerprint density at radius 3 is 2.67 bits per heavy atom. The Kier molecular flexibility index (Phi) is 4.45. The first-order valence-corrected chi connectivity index (χ1v) is 9.62. The van der Waals surface area contributed by atoms with Gasteiger partial charge in [0.25, 0.3) is 0 Å². The monoisotopic (exact) mass is 339 g/mol. The summed E-state index contributed by atoms with van der Waals surface area (Å²) >= 11 is 1.70. The van der Waals surface area contributed by atoms with Crippen LogP contribution in [0.2, 0.25) is 0 Å². The van der Waals surface area contributed by atoms with Crippen molar-refractivity contribution in [1.29, 1.82) is 0 Å². The molecule has 1 fully saturated rings. The number of piperazine rings is 1. The second kappa shape index (κ2) is 6.87. The molecule has 3 heterocycles. The first-order chi connectivity index (χ1) is 11.8. The predicted octanol–water partition coefficient (Wildman–Crippen LogP) is 2.47. The van der Waals surface area contributed by atoms with Crippen LogP contribution in [-0.4, -0.2) is 42.7 Å². The smallest absolute Gasteiger partial charge is 0.172 e. The summed E-state index contributed by atoms with van der Waals surface area (Å²) in [4.78, 5) is 15.0. The summed E-state index contributed by atoms with van der Waals surface area (Å²) in [5.74, 6) is 1.95. The Hall–Kier alpha value is -1.98. The zero-order chi connectivity index (χ0) is 16.4. The first-order valence-electron chi connectivity index (χ1n) is 8.74. The van der Waals surface area contributed by atoms with Crippen molar-refractivity contribution in [3.63, 3.8) is 0 Å². The number of para-hydroxylation sites is 1. The molecule has 0 amide bonds. The predicted molar refractivity (Wildman–Crippen MR) is 101 cm³/mol. The molecule has 0 saturated carbocycles. The summed E-state index contributed by atoms with van der Waals surface area (Å²) in [5, 5.41) is 3.25. The summed E-state index contributed by atoms with van der Waals surface area (Å²) in [6.45, 7) is 8.07. The third-order valence-electron chi connectivity index (χ3n) is 4.70. The number of quaternary nitrogens is 1. The molecule has 124 valence electrons. The van der Waals surface area contributed by atoms with E-state index in [1.807, 2.05) is 0 Å². The van der Waals surface area contributed by atoms with E-state index in [0.29, 0.717) is 0 Å². The maximum atomic E-state index is 4.95. The highest BCUT2D eigenvalue weighted by molar-refractivity contribution is 7.13. The van der Waals surface area contributed by atoms with Crippen LogP contribution < -0.4 is 9.80 Å². The quantitative estimate of drug-likeness (QED) is 0.793. The van der Waals surface area contributed by atoms with Gasteiger partial charge in [-0.25, -0.2) is 9.97 Å². The van der Waals surface area contributed by atoms with E-state index in [4.69, 9.17) is 9.97 Å². The molecule has 24 heavy (non-hydrogen) atoms. The third-order valence-corrected chi connectivity index (χ3v) is 5.56. The van der Waals surface area contributed by atoms with Gasteiger partial charge >= 0.3 is 0 Å². The van der Waals surface area contributed by atoms with Crippen LogP contribution >= 0.6 is 11.3 Å². The molecule has 4 rings (SSSR count). The maximum absolute atomic E-state index is 4.95. The van der Waals surface area contributed by atoms with Crippen LogP contribution in [-0.2, 0) is 0 Å². The van der Waals surface area contributed by atoms with Crippen LogP contribution in [0.4, 0.5) is 5.82 Å². The minimum absolute atomic E-state index is 0.849. The number of hydrogen-bond acceptors (Lipinski definition) is 4. The van der Waals surface area contributed by atoms with E-state index >= 15 is 0 Å². The summed E-state index contributed by atoms with van der Waals surface area (Å²) in [6, 6.07) is 12.5. The van der Waals surface area contributed by atoms with Gasteiger partial charge < -0.3 is 9.80 Å². The number of fused-ring (bicyclic) bond motifs is 1. The van der Waals surface area contributed by atoms with Gasteiger partial charge in [0.15, 0.2) is 5.82 Å². The Balaban J connectivity index is 1.71. The standard InChI is InChI=1S/C19H22N4S/c1-2-9-22-10-12-23(13-11-22)19-15-6-3-4-7-16(15)20-18(21-19)17-8-5-14-24-17/h3-8,14H,2,9-13H2,1H3/p+1. The number of anilines is 1. The lowest BCUT2D eigenvalue weighted by atomic mass is 10.2. The van der Waals surface area contributed by atoms with E-state index in [2.05, 4.69) is 53.6 Å². The van der Waals surface area contributed by atoms with Crippen LogP contribution in [0.3, 0.4) is 0 Å². The van der Waals surface area contributed by atoms with E-state index in [1.54, 1.807) is 16.2 Å². The lowest BCUT2D eigenvalue weighted by Gasteiger charge is -2.33. The molecule has 5 heteroatoms. The Morgan fingerprint density at radius 2 is 1.92 bits per heavy atom. The lowest BCUT2D eigenvalue weighted by Crippen LogP contribution is -3.14. The molecule has 0 spiro atoms. The maximum Gasteiger partial charge on any atom is 0.172 e. The Labute approximate surface area is 146 Å². The molecule has 1 N–H and O–H groups in total. The zero-order valence-corrected chi connectivity index (χ0v) is 14.9. The fraction of sp³-hybridized carbons (Fsp3) is 0.368. The summed E-state index contributed by atoms with van der Waals surface area (Å²) in [6.07, 6.45) is 1.26. The van der Waals surface area contributed by atoms with Gasteiger partial charge in [0.1, 0.15) is 5.82 Å². The van der Waals surface area contributed by atoms with Gasteiger partial charge in [0.2, 0.25) is 0 Å². The van der Waals surface area contributed by atoms with Crippen LogP contribution in [0.15, 0.2) is 41.8 Å². The molecule has 1 aliphatic rings. The van der Waals surface area contributed by atoms with E-state index < -0.39 is 0 Å². The topological polar surface area (TPSA) is 33.5 Å². The minimum Gasteiger partial charge on any atom is -0.345 e. The lowest BCUT2D eigenvalue weighted by molar-refractivity contribution is -0.900. The van der Waals surface area contributed by atoms with E-state index in [9.17, 15) is 0 Å². The molecule has 4 nitrogen and oxygen atoms in total. The van der Waals surface area contributed by atoms with Gasteiger partial charge in [-0.15, -0.1) is 11.3 Å². The number of thiophene rings is 1. The van der Waals surface area contributed by atoms with Crippen LogP contribution in [0.25, 0.3) is 21.6 Å². The highest BCUT2D eigenvalue weighted by Gasteiger charge is 2.22. The van der Waals surface area contributed by atoms with Gasteiger partial charge in [-0.05, 0) is 30.0 Å². The molecule has 1 aromatic carbocycles. The number of hydrogen-bond donors (Lipinski definition) is 1. The van der Waals surface area contributed by atoms with Crippen molar-refractivity contribution in [1.82, 2.24) is 9.97 Å². The van der Waals surface area contributed by atoms with E-state index in [-0.39, 0.29) is 0 Å². The number of nitrogens with zero attached hydrogens (tertiary/aromatic N) is 3. The van der Waals surface area contributed by atoms with Crippen LogP contribution in [0, 0.1) is 0 Å². The first kappa shape index (κ1) is 15.5. The highest BCUT2D eigenvalue weighted by atomic mass is 32.1. The SMILES string of the molecule is CCC[NH+]1CCN(c2nc(-c3cccs3)nc3ccccc23)CC1. The molecule has 1 saturated heterocycles. The fourth-order valence-corrected chi connectivity index (χ4v) is 4.11. The molecule has 0 atom stereocenters. The van der Waals surface area contributed by atoms with Crippen molar-refractivity contribution in [3.05, 3.63) is 41.8 Å². The number of nitrogens with one attached hydrogen (secondary N) is 1. The zero-order valence-electron chi connectivity index (χ0n) is 14.0. The third kappa shape index (κ3) is 3.01. The average Bonchev–Trinajstić information content (AvgIpc) is 3.16. The average molecular weight is 339 g/mol. The van der Waals surface area contributed by atoms with Gasteiger partial charge in [0.05, 0.1) is 43.1 Å². The minimum atomic E-state index is 0.849. The normalized spacial score (nSPS) is 16.0. The Morgan fingerprint density at radius 1 is 1.08 bits per heavy atom. The fourth-order valence-electron chi connectivity index (χ4n) is 3.46. The number of rotatable bonds is 4. The largest absolute Gasteiger partial charge is 0.345 e. The van der Waals surface area contributed by atoms with Crippen molar-refractivity contribution in [2.45, 2.75) is 13.3 Å². The highest BCUT2D eigenvalue weighted by Crippen LogP contribution is 2.29. The molecule has 3 aromatic rings. The van der Waals surface area contributed by atoms with E-state index in [0.717, 1.165) is 40.5 Å². The van der Waals surface area contributed by atoms with Gasteiger partial charge in [0, 0.05) is 5.39 Å². The molecule has 0 aliphatic carbocycles. The van der Waals surface area contributed by atoms with Crippen molar-refractivity contribution in [2.75, 3.05) is 37.6 Å². The van der Waals surface area contributed by atoms with Gasteiger partial charge in [-0.1, -0.05) is 25.1 Å². The van der Waals surface area contributed by atoms with Crippen molar-refractivity contribution in [2.24, 2.45) is 0 Å². The summed E-state index contributed by atoms with van der Waals surface area (Å²) < 4.78 is 0. The van der Waals surface area contributed by atoms with Crippen molar-refractivity contribution in [3.8, 4) is 10.7 Å². The second-order valence-electron chi connectivity index (χ2n) is 6.35. The van der Waals surface area contributed by atoms with E-state index in [1.165, 1.54) is 26.1 Å². The molecule has 0 bridgehead atoms. The van der Waals surface area contributed by atoms with Crippen molar-refractivity contribution < 1.29 is 4.90 Å². The number of aromatic nitrogens is 2. The molecule has 0 radical (unpaired) electrons. The summed E-state index contributed by atoms with van der Waals surface area (Å²) in [5.41, 5.74) is 1.04. The number of benzene rings is 1. The molecule has 2 aromatic heterocycles. The summed E-state index contributed by atoms with van der Waals surface area (Å²) in [7, 11) is 0. The van der Waals surface area contributed by atoms with Gasteiger partial charge in [-0.3, -0.25) is 0 Å². The van der Waals surface area contributed by atoms with Crippen molar-refractivity contribution >= 4 is 28.1 Å². The molecular weight excluding hydrogens is 316 g/mol. The Bertz CT molecular complexity index is 807. The molecule has 1 aliphatic heterocycles. The molecular formula is C19H23N4S+. The van der Waals surface area contributed by atoms with Crippen LogP contribution in [0.1, 0.15) is 13.3 Å². The second-order valence-corrected chi connectivity index (χ2v) is 7.30. The van der Waals surface area contributed by atoms with Gasteiger partial charge in [-0.2, -0.15) is 0 Å².